The van der Waals surface area contributed by atoms with Gasteiger partial charge < -0.3 is 20.9 Å². The van der Waals surface area contributed by atoms with Gasteiger partial charge in [-0.3, -0.25) is 4.99 Å². The largest absolute Gasteiger partial charge is 0.324 e. The molecule has 3 aromatic carbocycles. The number of rotatable bonds is 4. The van der Waals surface area contributed by atoms with Crippen molar-refractivity contribution in [2.75, 3.05) is 23.7 Å². The molecule has 11 heteroatoms. The molecule has 0 spiro atoms. The molecule has 4 aromatic rings. The van der Waals surface area contributed by atoms with Gasteiger partial charge in [0.05, 0.1) is 23.5 Å². The van der Waals surface area contributed by atoms with E-state index in [0.29, 0.717) is 57.8 Å². The number of benzene rings is 3. The number of nitrogens with one attached hydrogen (secondary N) is 3. The molecule has 214 valence electrons. The third-order valence-electron chi connectivity index (χ3n) is 7.20. The van der Waals surface area contributed by atoms with Crippen LogP contribution in [0.4, 0.5) is 30.9 Å². The summed E-state index contributed by atoms with van der Waals surface area (Å²) in [4.78, 5) is 28.3. The Morgan fingerprint density at radius 1 is 0.976 bits per heavy atom. The number of halogens is 3. The van der Waals surface area contributed by atoms with Gasteiger partial charge in [0.15, 0.2) is 0 Å². The third-order valence-corrected chi connectivity index (χ3v) is 7.44. The average molecular weight is 588 g/mol. The first kappa shape index (κ1) is 27.7. The van der Waals surface area contributed by atoms with Gasteiger partial charge in [0.25, 0.3) is 0 Å². The summed E-state index contributed by atoms with van der Waals surface area (Å²) in [5, 5.41) is 9.98. The minimum atomic E-state index is -0.712. The van der Waals surface area contributed by atoms with Crippen LogP contribution in [-0.2, 0) is 6.54 Å². The fourth-order valence-corrected chi connectivity index (χ4v) is 5.56. The fourth-order valence-electron chi connectivity index (χ4n) is 5.38. The molecule has 2 atom stereocenters. The summed E-state index contributed by atoms with van der Waals surface area (Å²) in [5.74, 6) is -1.10. The van der Waals surface area contributed by atoms with Crippen molar-refractivity contribution in [2.24, 2.45) is 4.99 Å². The Kier molecular flexibility index (Phi) is 7.57. The summed E-state index contributed by atoms with van der Waals surface area (Å²) in [6.45, 7) is 5.53. The topological polar surface area (TPSA) is 94.5 Å². The highest BCUT2D eigenvalue weighted by molar-refractivity contribution is 6.31. The van der Waals surface area contributed by atoms with Crippen LogP contribution in [0, 0.1) is 11.6 Å². The van der Waals surface area contributed by atoms with Crippen LogP contribution >= 0.6 is 11.6 Å². The lowest BCUT2D eigenvalue weighted by Gasteiger charge is -2.36. The number of carbonyl (C=O) groups is 1. The molecule has 6 rings (SSSR count). The Morgan fingerprint density at radius 3 is 2.38 bits per heavy atom. The first-order valence-electron chi connectivity index (χ1n) is 13.6. The van der Waals surface area contributed by atoms with Crippen LogP contribution in [0.3, 0.4) is 0 Å². The molecule has 1 fully saturated rings. The van der Waals surface area contributed by atoms with Gasteiger partial charge in [-0.05, 0) is 62.4 Å². The number of nitrogens with zero attached hydrogens (tertiary/aromatic N) is 4. The maximum Gasteiger partial charge on any atom is 0.321 e. The lowest BCUT2D eigenvalue weighted by atomic mass is 9.95. The molecule has 0 saturated carbocycles. The molecule has 0 bridgehead atoms. The summed E-state index contributed by atoms with van der Waals surface area (Å²) in [7, 11) is 0. The van der Waals surface area contributed by atoms with E-state index >= 15 is 0 Å². The van der Waals surface area contributed by atoms with Gasteiger partial charge in [0.1, 0.15) is 11.6 Å². The fraction of sp³-hybridized carbons (Fsp3) is 0.226. The number of hydrogen-bond acceptors (Lipinski definition) is 6. The number of aliphatic imine (C=N–C) groups is 1. The second-order valence-corrected chi connectivity index (χ2v) is 11.0. The molecule has 3 N–H and O–H groups in total. The highest BCUT2D eigenvalue weighted by Gasteiger charge is 2.26. The van der Waals surface area contributed by atoms with Crippen LogP contribution in [0.1, 0.15) is 30.5 Å². The zero-order valence-electron chi connectivity index (χ0n) is 23.0. The van der Waals surface area contributed by atoms with E-state index in [4.69, 9.17) is 16.6 Å². The first-order valence-corrected chi connectivity index (χ1v) is 14.0. The number of amides is 2. The minimum absolute atomic E-state index is 0.129. The zero-order chi connectivity index (χ0) is 29.4. The predicted molar refractivity (Wildman–Crippen MR) is 161 cm³/mol. The van der Waals surface area contributed by atoms with E-state index in [1.54, 1.807) is 36.5 Å². The van der Waals surface area contributed by atoms with Gasteiger partial charge in [-0.25, -0.2) is 23.5 Å². The third kappa shape index (κ3) is 5.68. The summed E-state index contributed by atoms with van der Waals surface area (Å²) >= 11 is 6.31. The lowest BCUT2D eigenvalue weighted by Crippen LogP contribution is -2.56. The number of fused-ring (bicyclic) bond motifs is 3. The smallest absolute Gasteiger partial charge is 0.321 e. The van der Waals surface area contributed by atoms with E-state index in [9.17, 15) is 13.6 Å². The molecule has 1 saturated heterocycles. The highest BCUT2D eigenvalue weighted by Crippen LogP contribution is 2.35. The van der Waals surface area contributed by atoms with E-state index in [1.807, 2.05) is 17.0 Å². The van der Waals surface area contributed by atoms with Crippen molar-refractivity contribution in [3.05, 3.63) is 100 Å². The van der Waals surface area contributed by atoms with Gasteiger partial charge >= 0.3 is 6.03 Å². The molecule has 2 aliphatic heterocycles. The molecule has 0 aliphatic carbocycles. The van der Waals surface area contributed by atoms with Crippen molar-refractivity contribution < 1.29 is 13.6 Å². The monoisotopic (exact) mass is 587 g/mol. The normalized spacial score (nSPS) is 17.9. The van der Waals surface area contributed by atoms with Gasteiger partial charge in [-0.2, -0.15) is 0 Å². The molecule has 3 heterocycles. The van der Waals surface area contributed by atoms with Crippen molar-refractivity contribution in [2.45, 2.75) is 32.5 Å². The SMILES string of the molecule is CC1CN(C(=O)Nc2ccc(Nc3ncc4c(n3)-c3ccc(Cl)cc3C(c3c(F)cccc3F)=NC4)cc2)CC(C)N1. The Bertz CT molecular complexity index is 1670. The lowest BCUT2D eigenvalue weighted by molar-refractivity contribution is 0.176. The Labute approximate surface area is 246 Å². The van der Waals surface area contributed by atoms with Crippen molar-refractivity contribution >= 4 is 40.7 Å². The number of aromatic nitrogens is 2. The van der Waals surface area contributed by atoms with E-state index in [0.717, 1.165) is 0 Å². The molecule has 8 nitrogen and oxygen atoms in total. The van der Waals surface area contributed by atoms with E-state index < -0.39 is 11.6 Å². The summed E-state index contributed by atoms with van der Waals surface area (Å²) < 4.78 is 29.6. The summed E-state index contributed by atoms with van der Waals surface area (Å²) in [5.41, 5.74) is 3.72. The van der Waals surface area contributed by atoms with Gasteiger partial charge in [0.2, 0.25) is 5.95 Å². The first-order chi connectivity index (χ1) is 20.2. The molecular weight excluding hydrogens is 560 g/mol. The van der Waals surface area contributed by atoms with E-state index in [2.05, 4.69) is 39.8 Å². The minimum Gasteiger partial charge on any atom is -0.324 e. The van der Waals surface area contributed by atoms with Crippen molar-refractivity contribution in [1.29, 1.82) is 0 Å². The molecule has 2 aliphatic rings. The van der Waals surface area contributed by atoms with Crippen molar-refractivity contribution in [3.63, 3.8) is 0 Å². The molecule has 0 radical (unpaired) electrons. The number of urea groups is 1. The maximum atomic E-state index is 14.8. The molecule has 1 aromatic heterocycles. The van der Waals surface area contributed by atoms with Crippen LogP contribution in [0.25, 0.3) is 11.3 Å². The molecule has 2 unspecified atom stereocenters. The summed E-state index contributed by atoms with van der Waals surface area (Å²) in [6, 6.07) is 16.4. The quantitative estimate of drug-likeness (QED) is 0.257. The number of hydrogen-bond donors (Lipinski definition) is 3. The van der Waals surface area contributed by atoms with Crippen LogP contribution in [-0.4, -0.2) is 51.8 Å². The Hall–Kier alpha value is -4.41. The van der Waals surface area contributed by atoms with Gasteiger partial charge in [0, 0.05) is 64.5 Å². The van der Waals surface area contributed by atoms with Crippen LogP contribution < -0.4 is 16.0 Å². The molecule has 2 amide bonds. The van der Waals surface area contributed by atoms with Crippen LogP contribution in [0.2, 0.25) is 5.02 Å². The highest BCUT2D eigenvalue weighted by atomic mass is 35.5. The van der Waals surface area contributed by atoms with E-state index in [1.165, 1.54) is 18.2 Å². The number of piperazine rings is 1. The van der Waals surface area contributed by atoms with Crippen molar-refractivity contribution in [3.8, 4) is 11.3 Å². The second-order valence-electron chi connectivity index (χ2n) is 10.5. The number of carbonyl (C=O) groups excluding carboxylic acids is 1. The standard InChI is InChI=1S/C31H28ClF2N7O/c1-17-15-41(16-18(2)37-17)31(42)39-22-9-7-21(8-10-22)38-30-36-14-19-13-35-29(27-25(33)4-3-5-26(27)34)24-12-20(32)6-11-23(24)28(19)40-30/h3-12,14,17-18,37H,13,15-16H2,1-2H3,(H,39,42)(H,36,38,40). The van der Waals surface area contributed by atoms with Crippen LogP contribution in [0.5, 0.6) is 0 Å². The predicted octanol–water partition coefficient (Wildman–Crippen LogP) is 6.38. The van der Waals surface area contributed by atoms with Gasteiger partial charge in [-0.1, -0.05) is 23.7 Å². The summed E-state index contributed by atoms with van der Waals surface area (Å²) in [6.07, 6.45) is 1.65. The molecule has 42 heavy (non-hydrogen) atoms. The Morgan fingerprint density at radius 2 is 1.67 bits per heavy atom. The van der Waals surface area contributed by atoms with Crippen molar-refractivity contribution in [1.82, 2.24) is 20.2 Å². The average Bonchev–Trinajstić information content (AvgIpc) is 3.10. The number of anilines is 3. The van der Waals surface area contributed by atoms with Gasteiger partial charge in [-0.15, -0.1) is 0 Å². The zero-order valence-corrected chi connectivity index (χ0v) is 23.7. The second kappa shape index (κ2) is 11.5. The Balaban J connectivity index is 1.24. The molecular formula is C31H28ClF2N7O. The van der Waals surface area contributed by atoms with E-state index in [-0.39, 0.29) is 35.9 Å². The maximum absolute atomic E-state index is 14.8. The van der Waals surface area contributed by atoms with Crippen LogP contribution in [0.15, 0.2) is 71.9 Å².